The van der Waals surface area contributed by atoms with E-state index >= 15 is 0 Å². The normalized spacial score (nSPS) is 11.4. The Bertz CT molecular complexity index is 1360. The number of benzene rings is 3. The zero-order valence-electron chi connectivity index (χ0n) is 16.5. The van der Waals surface area contributed by atoms with Crippen LogP contribution in [-0.4, -0.2) is 21.0 Å². The molecule has 0 spiro atoms. The Hall–Kier alpha value is -2.68. The van der Waals surface area contributed by atoms with Crippen molar-refractivity contribution < 1.29 is 17.9 Å². The molecule has 0 aliphatic rings. The van der Waals surface area contributed by atoms with Crippen molar-refractivity contribution in [3.05, 3.63) is 82.1 Å². The SMILES string of the molecule is CCOC(=O)c1c(-c2ccc(Br)cc2)csc1NS(=O)(=O)c1ccc2ccccc2c1. The molecule has 4 rings (SSSR count). The van der Waals surface area contributed by atoms with Crippen molar-refractivity contribution in [2.24, 2.45) is 0 Å². The van der Waals surface area contributed by atoms with Crippen molar-refractivity contribution in [3.63, 3.8) is 0 Å². The van der Waals surface area contributed by atoms with Gasteiger partial charge in [-0.1, -0.05) is 58.4 Å². The van der Waals surface area contributed by atoms with Gasteiger partial charge in [0.25, 0.3) is 10.0 Å². The van der Waals surface area contributed by atoms with E-state index in [9.17, 15) is 13.2 Å². The lowest BCUT2D eigenvalue weighted by Crippen LogP contribution is -2.15. The summed E-state index contributed by atoms with van der Waals surface area (Å²) in [6.45, 7) is 1.90. The third-order valence-electron chi connectivity index (χ3n) is 4.68. The number of carbonyl (C=O) groups excluding carboxylic acids is 1. The van der Waals surface area contributed by atoms with Crippen LogP contribution < -0.4 is 4.72 Å². The monoisotopic (exact) mass is 515 g/mol. The summed E-state index contributed by atoms with van der Waals surface area (Å²) in [6, 6.07) is 19.9. The van der Waals surface area contributed by atoms with Crippen LogP contribution in [0.25, 0.3) is 21.9 Å². The van der Waals surface area contributed by atoms with Crippen LogP contribution in [0.4, 0.5) is 5.00 Å². The van der Waals surface area contributed by atoms with Crippen molar-refractivity contribution in [1.82, 2.24) is 0 Å². The average molecular weight is 516 g/mol. The van der Waals surface area contributed by atoms with Gasteiger partial charge in [-0.3, -0.25) is 4.72 Å². The molecule has 0 radical (unpaired) electrons. The van der Waals surface area contributed by atoms with Crippen LogP contribution in [0.2, 0.25) is 0 Å². The van der Waals surface area contributed by atoms with Crippen LogP contribution in [0.3, 0.4) is 0 Å². The van der Waals surface area contributed by atoms with Gasteiger partial charge in [0.1, 0.15) is 10.6 Å². The number of anilines is 1. The molecule has 1 heterocycles. The maximum atomic E-state index is 13.1. The summed E-state index contributed by atoms with van der Waals surface area (Å²) in [5, 5.41) is 3.75. The molecule has 1 aromatic heterocycles. The Morgan fingerprint density at radius 1 is 1.03 bits per heavy atom. The van der Waals surface area contributed by atoms with Crippen molar-refractivity contribution in [2.45, 2.75) is 11.8 Å². The highest BCUT2D eigenvalue weighted by atomic mass is 79.9. The Morgan fingerprint density at radius 3 is 2.45 bits per heavy atom. The number of halogens is 1. The first-order valence-corrected chi connectivity index (χ1v) is 12.6. The molecule has 0 amide bonds. The fourth-order valence-corrected chi connectivity index (χ4v) is 5.78. The zero-order chi connectivity index (χ0) is 22.0. The van der Waals surface area contributed by atoms with Gasteiger partial charge in [0.05, 0.1) is 11.5 Å². The molecule has 0 unspecified atom stereocenters. The van der Waals surface area contributed by atoms with Crippen LogP contribution in [0.5, 0.6) is 0 Å². The molecule has 0 saturated carbocycles. The molecule has 0 aliphatic heterocycles. The van der Waals surface area contributed by atoms with Gasteiger partial charge >= 0.3 is 5.97 Å². The molecular formula is C23H18BrNO4S2. The molecule has 1 N–H and O–H groups in total. The van der Waals surface area contributed by atoms with Crippen LogP contribution in [-0.2, 0) is 14.8 Å². The van der Waals surface area contributed by atoms with Crippen molar-refractivity contribution in [2.75, 3.05) is 11.3 Å². The lowest BCUT2D eigenvalue weighted by atomic mass is 10.0. The smallest absolute Gasteiger partial charge is 0.341 e. The first-order chi connectivity index (χ1) is 14.9. The summed E-state index contributed by atoms with van der Waals surface area (Å²) in [4.78, 5) is 12.8. The number of hydrogen-bond acceptors (Lipinski definition) is 5. The van der Waals surface area contributed by atoms with E-state index in [-0.39, 0.29) is 22.1 Å². The number of fused-ring (bicyclic) bond motifs is 1. The van der Waals surface area contributed by atoms with Gasteiger partial charge in [0, 0.05) is 15.4 Å². The second-order valence-electron chi connectivity index (χ2n) is 6.70. The van der Waals surface area contributed by atoms with Gasteiger partial charge in [0.15, 0.2) is 0 Å². The highest BCUT2D eigenvalue weighted by molar-refractivity contribution is 9.10. The highest BCUT2D eigenvalue weighted by Crippen LogP contribution is 2.38. The Labute approximate surface area is 192 Å². The van der Waals surface area contributed by atoms with E-state index in [1.54, 1.807) is 30.5 Å². The molecule has 5 nitrogen and oxygen atoms in total. The number of esters is 1. The van der Waals surface area contributed by atoms with Gasteiger partial charge < -0.3 is 4.74 Å². The molecule has 0 saturated heterocycles. The number of sulfonamides is 1. The fraction of sp³-hybridized carbons (Fsp3) is 0.0870. The lowest BCUT2D eigenvalue weighted by molar-refractivity contribution is 0.0529. The van der Waals surface area contributed by atoms with E-state index < -0.39 is 16.0 Å². The maximum absolute atomic E-state index is 13.1. The molecule has 3 aromatic carbocycles. The molecule has 0 fully saturated rings. The van der Waals surface area contributed by atoms with E-state index in [2.05, 4.69) is 20.7 Å². The molecular weight excluding hydrogens is 498 g/mol. The number of thiophene rings is 1. The van der Waals surface area contributed by atoms with Crippen molar-refractivity contribution in [3.8, 4) is 11.1 Å². The third-order valence-corrected chi connectivity index (χ3v) is 7.58. The Morgan fingerprint density at radius 2 is 1.74 bits per heavy atom. The first kappa shape index (κ1) is 21.5. The summed E-state index contributed by atoms with van der Waals surface area (Å²) in [6.07, 6.45) is 0. The summed E-state index contributed by atoms with van der Waals surface area (Å²) >= 11 is 4.55. The largest absolute Gasteiger partial charge is 0.462 e. The summed E-state index contributed by atoms with van der Waals surface area (Å²) < 4.78 is 34.9. The minimum Gasteiger partial charge on any atom is -0.462 e. The van der Waals surface area contributed by atoms with Gasteiger partial charge in [-0.05, 0) is 47.5 Å². The van der Waals surface area contributed by atoms with Crippen LogP contribution in [0.1, 0.15) is 17.3 Å². The third kappa shape index (κ3) is 4.51. The molecule has 158 valence electrons. The van der Waals surface area contributed by atoms with Crippen molar-refractivity contribution >= 4 is 59.0 Å². The summed E-state index contributed by atoms with van der Waals surface area (Å²) in [5.41, 5.74) is 1.62. The molecule has 4 aromatic rings. The predicted octanol–water partition coefficient (Wildman–Crippen LogP) is 6.31. The van der Waals surface area contributed by atoms with E-state index in [0.717, 1.165) is 32.1 Å². The second kappa shape index (κ2) is 8.82. The minimum absolute atomic E-state index is 0.125. The molecule has 0 bridgehead atoms. The first-order valence-electron chi connectivity index (χ1n) is 9.45. The van der Waals surface area contributed by atoms with E-state index in [0.29, 0.717) is 5.56 Å². The Balaban J connectivity index is 1.76. The summed E-state index contributed by atoms with van der Waals surface area (Å²) in [5.74, 6) is -0.571. The topological polar surface area (TPSA) is 72.5 Å². The predicted molar refractivity (Wildman–Crippen MR) is 128 cm³/mol. The molecule has 31 heavy (non-hydrogen) atoms. The molecule has 0 aliphatic carbocycles. The quantitative estimate of drug-likeness (QED) is 0.305. The van der Waals surface area contributed by atoms with E-state index in [1.807, 2.05) is 48.5 Å². The number of carbonyl (C=O) groups is 1. The van der Waals surface area contributed by atoms with Gasteiger partial charge in [-0.15, -0.1) is 11.3 Å². The maximum Gasteiger partial charge on any atom is 0.341 e. The fourth-order valence-electron chi connectivity index (χ4n) is 3.20. The zero-order valence-corrected chi connectivity index (χ0v) is 19.7. The Kier molecular flexibility index (Phi) is 6.13. The minimum atomic E-state index is -3.91. The number of nitrogens with one attached hydrogen (secondary N) is 1. The molecule has 0 atom stereocenters. The number of ether oxygens (including phenoxy) is 1. The number of hydrogen-bond donors (Lipinski definition) is 1. The number of rotatable bonds is 6. The van der Waals surface area contributed by atoms with Gasteiger partial charge in [-0.2, -0.15) is 0 Å². The average Bonchev–Trinajstić information content (AvgIpc) is 3.17. The van der Waals surface area contributed by atoms with Crippen LogP contribution in [0, 0.1) is 0 Å². The van der Waals surface area contributed by atoms with Crippen LogP contribution in [0.15, 0.2) is 81.5 Å². The lowest BCUT2D eigenvalue weighted by Gasteiger charge is -2.11. The second-order valence-corrected chi connectivity index (χ2v) is 10.2. The van der Waals surface area contributed by atoms with E-state index in [1.165, 1.54) is 0 Å². The molecule has 8 heteroatoms. The van der Waals surface area contributed by atoms with Crippen molar-refractivity contribution in [1.29, 1.82) is 0 Å². The highest BCUT2D eigenvalue weighted by Gasteiger charge is 2.25. The van der Waals surface area contributed by atoms with Crippen LogP contribution >= 0.6 is 27.3 Å². The van der Waals surface area contributed by atoms with Gasteiger partial charge in [0.2, 0.25) is 0 Å². The standard InChI is InChI=1S/C23H18BrNO4S2/c1-2-29-23(26)21-20(16-7-10-18(24)11-8-16)14-30-22(21)25-31(27,28)19-12-9-15-5-3-4-6-17(15)13-19/h3-14,25H,2H2,1H3. The van der Waals surface area contributed by atoms with E-state index in [4.69, 9.17) is 4.74 Å². The van der Waals surface area contributed by atoms with Gasteiger partial charge in [-0.25, -0.2) is 13.2 Å². The summed E-state index contributed by atoms with van der Waals surface area (Å²) in [7, 11) is -3.91.